The second-order valence-electron chi connectivity index (χ2n) is 6.15. The quantitative estimate of drug-likeness (QED) is 0.347. The van der Waals surface area contributed by atoms with Crippen molar-refractivity contribution in [2.75, 3.05) is 0 Å². The van der Waals surface area contributed by atoms with E-state index >= 15 is 0 Å². The van der Waals surface area contributed by atoms with Crippen LogP contribution in [0.25, 0.3) is 22.3 Å². The molecule has 2 aromatic heterocycles. The van der Waals surface area contributed by atoms with E-state index in [2.05, 4.69) is 20.9 Å². The van der Waals surface area contributed by atoms with E-state index in [1.54, 1.807) is 0 Å². The van der Waals surface area contributed by atoms with Gasteiger partial charge in [-0.25, -0.2) is 14.6 Å². The Balaban J connectivity index is 1.87. The van der Waals surface area contributed by atoms with E-state index < -0.39 is 17.7 Å². The summed E-state index contributed by atoms with van der Waals surface area (Å²) in [5.41, 5.74) is 2.00. The predicted molar refractivity (Wildman–Crippen MR) is 100 cm³/mol. The highest BCUT2D eigenvalue weighted by Crippen LogP contribution is 2.31. The lowest BCUT2D eigenvalue weighted by atomic mass is 10.1. The molecule has 1 saturated heterocycles. The molecule has 0 saturated carbocycles. The van der Waals surface area contributed by atoms with Crippen LogP contribution < -0.4 is 0 Å². The molecule has 0 amide bonds. The average Bonchev–Trinajstić information content (AvgIpc) is 3.12. The number of imidazole rings is 1. The molecule has 0 unspecified atom stereocenters. The second-order valence-corrected chi connectivity index (χ2v) is 7.93. The van der Waals surface area contributed by atoms with Crippen molar-refractivity contribution in [3.05, 3.63) is 51.6 Å². The average molecular weight is 433 g/mol. The predicted octanol–water partition coefficient (Wildman–Crippen LogP) is 4.04. The Bertz CT molecular complexity index is 1040. The zero-order valence-corrected chi connectivity index (χ0v) is 16.3. The smallest absolute Gasteiger partial charge is 0.348 e. The van der Waals surface area contributed by atoms with Gasteiger partial charge in [0.2, 0.25) is 0 Å². The number of ether oxygens (including phenoxy) is 2. The Morgan fingerprint density at radius 3 is 2.46 bits per heavy atom. The summed E-state index contributed by atoms with van der Waals surface area (Å²) in [6.07, 6.45) is 3.31. The lowest BCUT2D eigenvalue weighted by Crippen LogP contribution is -2.41. The minimum atomic E-state index is -1.27. The molecule has 1 aliphatic heterocycles. The van der Waals surface area contributed by atoms with Crippen LogP contribution in [0.4, 0.5) is 0 Å². The van der Waals surface area contributed by atoms with Gasteiger partial charge in [-0.05, 0) is 18.2 Å². The van der Waals surface area contributed by atoms with Gasteiger partial charge >= 0.3 is 11.9 Å². The molecule has 8 heteroatoms. The molecule has 1 fully saturated rings. The highest BCUT2D eigenvalue weighted by atomic mass is 79.9. The monoisotopic (exact) mass is 432 g/mol. The van der Waals surface area contributed by atoms with E-state index in [4.69, 9.17) is 9.47 Å². The summed E-state index contributed by atoms with van der Waals surface area (Å²) in [5.74, 6) is -2.69. The summed E-state index contributed by atoms with van der Waals surface area (Å²) in [5, 5.41) is 1.89. The molecule has 0 atom stereocenters. The summed E-state index contributed by atoms with van der Waals surface area (Å²) < 4.78 is 13.1. The number of nitrogens with zero attached hydrogens (tertiary/aromatic N) is 2. The third-order valence-corrected chi connectivity index (χ3v) is 5.10. The summed E-state index contributed by atoms with van der Waals surface area (Å²) in [4.78, 5) is 30.0. The third kappa shape index (κ3) is 2.95. The number of thiazole rings is 1. The first-order chi connectivity index (χ1) is 12.3. The number of hydrogen-bond donors (Lipinski definition) is 0. The van der Waals surface area contributed by atoms with Crippen molar-refractivity contribution >= 4 is 50.2 Å². The van der Waals surface area contributed by atoms with Crippen LogP contribution in [0.1, 0.15) is 19.5 Å². The van der Waals surface area contributed by atoms with Gasteiger partial charge in [-0.2, -0.15) is 0 Å². The van der Waals surface area contributed by atoms with E-state index in [9.17, 15) is 9.59 Å². The number of carbonyl (C=O) groups is 2. The SMILES string of the molecule is CC1(C)OC(=O)C(=Cc2c(-c3ccc(Br)cc3)nc3sccn23)C(=O)O1. The summed E-state index contributed by atoms with van der Waals surface area (Å²) in [6, 6.07) is 7.65. The van der Waals surface area contributed by atoms with Gasteiger partial charge in [-0.1, -0.05) is 28.1 Å². The summed E-state index contributed by atoms with van der Waals surface area (Å²) in [6.45, 7) is 3.03. The number of hydrogen-bond acceptors (Lipinski definition) is 6. The molecular weight excluding hydrogens is 420 g/mol. The molecule has 1 aliphatic rings. The first-order valence-electron chi connectivity index (χ1n) is 7.74. The Kier molecular flexibility index (Phi) is 3.96. The van der Waals surface area contributed by atoms with E-state index in [-0.39, 0.29) is 5.57 Å². The largest absolute Gasteiger partial charge is 0.419 e. The van der Waals surface area contributed by atoms with Gasteiger partial charge in [0.15, 0.2) is 4.96 Å². The highest BCUT2D eigenvalue weighted by molar-refractivity contribution is 9.10. The van der Waals surface area contributed by atoms with Gasteiger partial charge in [0, 0.05) is 35.5 Å². The van der Waals surface area contributed by atoms with Crippen LogP contribution in [0.15, 0.2) is 45.9 Å². The Morgan fingerprint density at radius 1 is 1.15 bits per heavy atom. The summed E-state index contributed by atoms with van der Waals surface area (Å²) in [7, 11) is 0. The van der Waals surface area contributed by atoms with Crippen molar-refractivity contribution in [1.29, 1.82) is 0 Å². The van der Waals surface area contributed by atoms with Crippen LogP contribution in [0.2, 0.25) is 0 Å². The van der Waals surface area contributed by atoms with Gasteiger partial charge in [0.05, 0.1) is 11.4 Å². The maximum atomic E-state index is 12.3. The van der Waals surface area contributed by atoms with Crippen molar-refractivity contribution < 1.29 is 19.1 Å². The standard InChI is InChI=1S/C18H13BrN2O4S/c1-18(2)24-15(22)12(16(23)25-18)9-13-14(10-3-5-11(19)6-4-10)20-17-21(13)7-8-26-17/h3-9H,1-2H3. The Morgan fingerprint density at radius 2 is 1.81 bits per heavy atom. The number of carbonyl (C=O) groups excluding carboxylic acids is 2. The fourth-order valence-electron chi connectivity index (χ4n) is 2.68. The number of benzene rings is 1. The highest BCUT2D eigenvalue weighted by Gasteiger charge is 2.39. The normalized spacial score (nSPS) is 16.5. The fraction of sp³-hybridized carbons (Fsp3) is 0.167. The Hall–Kier alpha value is -2.45. The molecule has 0 bridgehead atoms. The maximum absolute atomic E-state index is 12.3. The number of halogens is 1. The first kappa shape index (κ1) is 17.0. The van der Waals surface area contributed by atoms with E-state index in [0.29, 0.717) is 11.4 Å². The molecule has 6 nitrogen and oxygen atoms in total. The number of fused-ring (bicyclic) bond motifs is 1. The fourth-order valence-corrected chi connectivity index (χ4v) is 3.66. The molecule has 0 aliphatic carbocycles. The maximum Gasteiger partial charge on any atom is 0.348 e. The van der Waals surface area contributed by atoms with Crippen LogP contribution in [-0.2, 0) is 19.1 Å². The van der Waals surface area contributed by atoms with Crippen molar-refractivity contribution in [1.82, 2.24) is 9.38 Å². The molecule has 0 N–H and O–H groups in total. The topological polar surface area (TPSA) is 69.9 Å². The number of aromatic nitrogens is 2. The molecule has 1 aromatic carbocycles. The minimum Gasteiger partial charge on any atom is -0.419 e. The van der Waals surface area contributed by atoms with Crippen molar-refractivity contribution in [3.8, 4) is 11.3 Å². The lowest BCUT2D eigenvalue weighted by molar-refractivity contribution is -0.222. The summed E-state index contributed by atoms with van der Waals surface area (Å²) >= 11 is 4.88. The molecule has 26 heavy (non-hydrogen) atoms. The van der Waals surface area contributed by atoms with Crippen molar-refractivity contribution in [2.45, 2.75) is 19.6 Å². The van der Waals surface area contributed by atoms with E-state index in [1.165, 1.54) is 31.3 Å². The molecule has 3 aromatic rings. The minimum absolute atomic E-state index is 0.157. The van der Waals surface area contributed by atoms with Crippen LogP contribution in [0.3, 0.4) is 0 Å². The van der Waals surface area contributed by atoms with Gasteiger partial charge in [0.1, 0.15) is 5.57 Å². The zero-order valence-electron chi connectivity index (χ0n) is 13.9. The van der Waals surface area contributed by atoms with Gasteiger partial charge in [-0.3, -0.25) is 4.40 Å². The van der Waals surface area contributed by atoms with Crippen LogP contribution in [0, 0.1) is 0 Å². The lowest BCUT2D eigenvalue weighted by Gasteiger charge is -2.29. The van der Waals surface area contributed by atoms with Gasteiger partial charge in [-0.15, -0.1) is 11.3 Å². The van der Waals surface area contributed by atoms with Crippen LogP contribution >= 0.6 is 27.3 Å². The van der Waals surface area contributed by atoms with E-state index in [1.807, 2.05) is 40.2 Å². The Labute approximate surface area is 161 Å². The van der Waals surface area contributed by atoms with Crippen LogP contribution in [-0.4, -0.2) is 27.1 Å². The number of rotatable bonds is 2. The van der Waals surface area contributed by atoms with E-state index in [0.717, 1.165) is 15.0 Å². The van der Waals surface area contributed by atoms with Gasteiger partial charge < -0.3 is 9.47 Å². The molecule has 4 rings (SSSR count). The molecular formula is C18H13BrN2O4S. The molecule has 0 radical (unpaired) electrons. The first-order valence-corrected chi connectivity index (χ1v) is 9.41. The zero-order chi connectivity index (χ0) is 18.5. The molecule has 0 spiro atoms. The molecule has 132 valence electrons. The third-order valence-electron chi connectivity index (χ3n) is 3.81. The van der Waals surface area contributed by atoms with Crippen molar-refractivity contribution in [3.63, 3.8) is 0 Å². The van der Waals surface area contributed by atoms with Crippen LogP contribution in [0.5, 0.6) is 0 Å². The second kappa shape index (κ2) is 6.07. The van der Waals surface area contributed by atoms with Gasteiger partial charge in [0.25, 0.3) is 5.79 Å². The molecule has 3 heterocycles. The van der Waals surface area contributed by atoms with Crippen molar-refractivity contribution in [2.24, 2.45) is 0 Å². The number of cyclic esters (lactones) is 2. The number of esters is 2.